The van der Waals surface area contributed by atoms with Crippen LogP contribution in [0, 0.1) is 0 Å². The van der Waals surface area contributed by atoms with Crippen molar-refractivity contribution >= 4 is 10.1 Å². The van der Waals surface area contributed by atoms with Crippen LogP contribution in [0.3, 0.4) is 0 Å². The maximum absolute atomic E-state index is 11.2. The molecule has 6 heteroatoms. The highest BCUT2D eigenvalue weighted by Crippen LogP contribution is 2.32. The molecule has 2 aromatic carbocycles. The fourth-order valence-corrected chi connectivity index (χ4v) is 4.08. The van der Waals surface area contributed by atoms with Crippen molar-refractivity contribution in [2.45, 2.75) is 82.4 Å². The van der Waals surface area contributed by atoms with Crippen molar-refractivity contribution in [1.29, 1.82) is 0 Å². The van der Waals surface area contributed by atoms with Gasteiger partial charge in [0.1, 0.15) is 22.1 Å². The Hall–Kier alpha value is -2.05. The van der Waals surface area contributed by atoms with Crippen LogP contribution in [0.15, 0.2) is 47.4 Å². The quantitative estimate of drug-likeness (QED) is 0.250. The van der Waals surface area contributed by atoms with E-state index in [9.17, 15) is 13.5 Å². The van der Waals surface area contributed by atoms with Crippen LogP contribution < -0.4 is 4.74 Å². The SMILES string of the molecule is CCCCCCCCCCCCc1ccccc1Oc1ccc(S(=O)(=O)O)c(O)c1. The minimum absolute atomic E-state index is 0.315. The number of para-hydroxylation sites is 1. The lowest BCUT2D eigenvalue weighted by molar-refractivity contribution is 0.432. The van der Waals surface area contributed by atoms with E-state index in [-0.39, 0.29) is 0 Å². The molecule has 0 heterocycles. The van der Waals surface area contributed by atoms with Crippen molar-refractivity contribution in [3.63, 3.8) is 0 Å². The normalized spacial score (nSPS) is 11.5. The fraction of sp³-hybridized carbons (Fsp3) is 0.500. The van der Waals surface area contributed by atoms with Crippen LogP contribution in [-0.4, -0.2) is 18.1 Å². The van der Waals surface area contributed by atoms with Gasteiger partial charge in [-0.2, -0.15) is 8.42 Å². The first-order valence-corrected chi connectivity index (χ1v) is 12.4. The number of ether oxygens (including phenoxy) is 1. The Balaban J connectivity index is 1.80. The molecule has 0 atom stereocenters. The average Bonchev–Trinajstić information content (AvgIpc) is 2.69. The van der Waals surface area contributed by atoms with Gasteiger partial charge in [-0.3, -0.25) is 4.55 Å². The molecule has 0 amide bonds. The molecular formula is C24H34O5S. The molecule has 5 nitrogen and oxygen atoms in total. The van der Waals surface area contributed by atoms with Gasteiger partial charge in [0, 0.05) is 6.07 Å². The fourth-order valence-electron chi connectivity index (χ4n) is 3.52. The van der Waals surface area contributed by atoms with Crippen LogP contribution >= 0.6 is 0 Å². The van der Waals surface area contributed by atoms with Gasteiger partial charge < -0.3 is 9.84 Å². The molecule has 0 saturated carbocycles. The van der Waals surface area contributed by atoms with Crippen molar-refractivity contribution < 1.29 is 22.8 Å². The van der Waals surface area contributed by atoms with Crippen LogP contribution in [0.4, 0.5) is 0 Å². The van der Waals surface area contributed by atoms with Gasteiger partial charge in [-0.05, 0) is 36.6 Å². The number of aryl methyl sites for hydroxylation is 1. The highest BCUT2D eigenvalue weighted by atomic mass is 32.2. The Morgan fingerprint density at radius 3 is 2.03 bits per heavy atom. The molecule has 2 aromatic rings. The summed E-state index contributed by atoms with van der Waals surface area (Å²) in [6.07, 6.45) is 13.8. The predicted molar refractivity (Wildman–Crippen MR) is 120 cm³/mol. The summed E-state index contributed by atoms with van der Waals surface area (Å²) in [6.45, 7) is 2.24. The third kappa shape index (κ3) is 8.36. The van der Waals surface area contributed by atoms with Gasteiger partial charge in [0.05, 0.1) is 0 Å². The minimum Gasteiger partial charge on any atom is -0.506 e. The third-order valence-corrected chi connectivity index (χ3v) is 6.11. The van der Waals surface area contributed by atoms with Gasteiger partial charge >= 0.3 is 0 Å². The summed E-state index contributed by atoms with van der Waals surface area (Å²) in [5.74, 6) is 0.463. The van der Waals surface area contributed by atoms with E-state index >= 15 is 0 Å². The van der Waals surface area contributed by atoms with Crippen molar-refractivity contribution in [1.82, 2.24) is 0 Å². The zero-order valence-electron chi connectivity index (χ0n) is 17.8. The monoisotopic (exact) mass is 434 g/mol. The number of hydrogen-bond donors (Lipinski definition) is 2. The number of hydrogen-bond acceptors (Lipinski definition) is 4. The second kappa shape index (κ2) is 12.6. The van der Waals surface area contributed by atoms with E-state index in [2.05, 4.69) is 6.92 Å². The van der Waals surface area contributed by atoms with E-state index in [1.54, 1.807) is 0 Å². The van der Waals surface area contributed by atoms with Gasteiger partial charge in [-0.1, -0.05) is 82.9 Å². The van der Waals surface area contributed by atoms with Crippen molar-refractivity contribution in [3.05, 3.63) is 48.0 Å². The molecule has 0 bridgehead atoms. The topological polar surface area (TPSA) is 83.8 Å². The van der Waals surface area contributed by atoms with Gasteiger partial charge in [0.25, 0.3) is 10.1 Å². The van der Waals surface area contributed by atoms with E-state index in [0.717, 1.165) is 24.5 Å². The van der Waals surface area contributed by atoms with Gasteiger partial charge in [-0.25, -0.2) is 0 Å². The summed E-state index contributed by atoms with van der Waals surface area (Å²) < 4.78 is 37.4. The van der Waals surface area contributed by atoms with Crippen molar-refractivity contribution in [2.75, 3.05) is 0 Å². The number of phenols is 1. The number of rotatable bonds is 14. The lowest BCUT2D eigenvalue weighted by Crippen LogP contribution is -1.99. The molecule has 0 spiro atoms. The Bertz CT molecular complexity index is 877. The van der Waals surface area contributed by atoms with Crippen LogP contribution in [0.1, 0.15) is 76.7 Å². The molecule has 2 N–H and O–H groups in total. The summed E-state index contributed by atoms with van der Waals surface area (Å²) in [4.78, 5) is -0.534. The summed E-state index contributed by atoms with van der Waals surface area (Å²) in [5.41, 5.74) is 1.08. The standard InChI is InChI=1S/C24H34O5S/c1-2-3-4-5-6-7-8-9-10-11-14-20-15-12-13-16-23(20)29-21-17-18-24(22(25)19-21)30(26,27)28/h12-13,15-19,25H,2-11,14H2,1H3,(H,26,27,28). The number of unbranched alkanes of at least 4 members (excludes halogenated alkanes) is 9. The van der Waals surface area contributed by atoms with E-state index in [1.807, 2.05) is 24.3 Å². The van der Waals surface area contributed by atoms with Crippen LogP contribution in [0.25, 0.3) is 0 Å². The van der Waals surface area contributed by atoms with Crippen molar-refractivity contribution in [3.8, 4) is 17.2 Å². The van der Waals surface area contributed by atoms with Gasteiger partial charge in [0.2, 0.25) is 0 Å². The Morgan fingerprint density at radius 2 is 1.43 bits per heavy atom. The predicted octanol–water partition coefficient (Wildman–Crippen LogP) is 6.89. The van der Waals surface area contributed by atoms with Gasteiger partial charge in [0.15, 0.2) is 0 Å². The molecule has 2 rings (SSSR count). The highest BCUT2D eigenvalue weighted by Gasteiger charge is 2.16. The molecule has 0 unspecified atom stereocenters. The molecule has 0 radical (unpaired) electrons. The average molecular weight is 435 g/mol. The summed E-state index contributed by atoms with van der Waals surface area (Å²) in [5, 5.41) is 9.86. The lowest BCUT2D eigenvalue weighted by Gasteiger charge is -2.12. The number of aromatic hydroxyl groups is 1. The maximum Gasteiger partial charge on any atom is 0.298 e. The second-order valence-corrected chi connectivity index (χ2v) is 9.14. The first-order chi connectivity index (χ1) is 14.4. The number of phenolic OH excluding ortho intramolecular Hbond substituents is 1. The summed E-state index contributed by atoms with van der Waals surface area (Å²) in [6, 6.07) is 11.5. The molecule has 0 aliphatic carbocycles. The first-order valence-electron chi connectivity index (χ1n) is 11.0. The maximum atomic E-state index is 11.2. The Kier molecular flexibility index (Phi) is 10.2. The highest BCUT2D eigenvalue weighted by molar-refractivity contribution is 7.86. The van der Waals surface area contributed by atoms with E-state index in [1.165, 1.54) is 69.9 Å². The van der Waals surface area contributed by atoms with Crippen LogP contribution in [-0.2, 0) is 16.5 Å². The molecule has 0 saturated heterocycles. The Labute approximate surface area is 180 Å². The molecule has 30 heavy (non-hydrogen) atoms. The molecule has 0 aromatic heterocycles. The zero-order valence-corrected chi connectivity index (χ0v) is 18.7. The summed E-state index contributed by atoms with van der Waals surface area (Å²) in [7, 11) is -4.46. The molecule has 0 aliphatic heterocycles. The molecular weight excluding hydrogens is 400 g/mol. The largest absolute Gasteiger partial charge is 0.506 e. The summed E-state index contributed by atoms with van der Waals surface area (Å²) >= 11 is 0. The number of benzene rings is 2. The molecule has 0 fully saturated rings. The van der Waals surface area contributed by atoms with Crippen molar-refractivity contribution in [2.24, 2.45) is 0 Å². The van der Waals surface area contributed by atoms with Gasteiger partial charge in [-0.15, -0.1) is 0 Å². The van der Waals surface area contributed by atoms with E-state index in [0.29, 0.717) is 11.5 Å². The Morgan fingerprint density at radius 1 is 0.833 bits per heavy atom. The third-order valence-electron chi connectivity index (χ3n) is 5.21. The van der Waals surface area contributed by atoms with E-state index in [4.69, 9.17) is 9.29 Å². The van der Waals surface area contributed by atoms with Crippen LogP contribution in [0.2, 0.25) is 0 Å². The molecule has 0 aliphatic rings. The lowest BCUT2D eigenvalue weighted by atomic mass is 10.0. The minimum atomic E-state index is -4.46. The first kappa shape index (κ1) is 24.2. The van der Waals surface area contributed by atoms with Crippen LogP contribution in [0.5, 0.6) is 17.2 Å². The second-order valence-electron chi connectivity index (χ2n) is 7.75. The van der Waals surface area contributed by atoms with E-state index < -0.39 is 20.8 Å². The molecule has 166 valence electrons. The smallest absolute Gasteiger partial charge is 0.298 e. The zero-order chi connectivity index (χ0) is 21.8.